The van der Waals surface area contributed by atoms with E-state index in [2.05, 4.69) is 0 Å². The summed E-state index contributed by atoms with van der Waals surface area (Å²) in [5.41, 5.74) is 0. The van der Waals surface area contributed by atoms with Crippen LogP contribution in [0.15, 0.2) is 0 Å². The van der Waals surface area contributed by atoms with Crippen LogP contribution in [-0.4, -0.2) is 12.6 Å². The van der Waals surface area contributed by atoms with Crippen LogP contribution in [0.3, 0.4) is 0 Å². The first kappa shape index (κ1) is 8.72. The maximum atomic E-state index is 11.7. The van der Waals surface area contributed by atoms with E-state index in [-0.39, 0.29) is 6.67 Å². The van der Waals surface area contributed by atoms with Crippen LogP contribution >= 0.6 is 0 Å². The lowest BCUT2D eigenvalue weighted by Gasteiger charge is -1.99. The molecular formula is C5H7F4. The minimum absolute atomic E-state index is 0.220. The Hall–Kier alpha value is -0.280. The van der Waals surface area contributed by atoms with Gasteiger partial charge in [-0.1, -0.05) is 0 Å². The van der Waals surface area contributed by atoms with Gasteiger partial charge in [-0.2, -0.15) is 0 Å². The minimum atomic E-state index is -2.54. The van der Waals surface area contributed by atoms with Gasteiger partial charge in [0.25, 0.3) is 0 Å². The molecule has 0 spiro atoms. The summed E-state index contributed by atoms with van der Waals surface area (Å²) in [7, 11) is 0. The fraction of sp³-hybridized carbons (Fsp3) is 0.800. The third-order valence-electron chi connectivity index (χ3n) is 0.797. The second kappa shape index (κ2) is 4.58. The Bertz CT molecular complexity index is 64.0. The molecule has 4 heteroatoms. The predicted molar refractivity (Wildman–Crippen MR) is 25.5 cm³/mol. The lowest BCUT2D eigenvalue weighted by atomic mass is 10.2. The Kier molecular flexibility index (Phi) is 4.44. The lowest BCUT2D eigenvalue weighted by Crippen LogP contribution is -2.01. The van der Waals surface area contributed by atoms with Crippen molar-refractivity contribution >= 4 is 0 Å². The third kappa shape index (κ3) is 5.59. The van der Waals surface area contributed by atoms with Gasteiger partial charge in [-0.05, 0) is 6.42 Å². The van der Waals surface area contributed by atoms with Crippen LogP contribution < -0.4 is 0 Å². The van der Waals surface area contributed by atoms with E-state index in [1.807, 2.05) is 0 Å². The summed E-state index contributed by atoms with van der Waals surface area (Å²) >= 11 is 0. The maximum Gasteiger partial charge on any atom is 0.238 e. The summed E-state index contributed by atoms with van der Waals surface area (Å²) in [6.45, 7) is -0.220. The van der Waals surface area contributed by atoms with E-state index in [0.717, 1.165) is 0 Å². The molecule has 0 aliphatic carbocycles. The van der Waals surface area contributed by atoms with Gasteiger partial charge in [0.2, 0.25) is 6.43 Å². The zero-order valence-electron chi connectivity index (χ0n) is 4.66. The minimum Gasteiger partial charge on any atom is -0.244 e. The van der Waals surface area contributed by atoms with Gasteiger partial charge in [0, 0.05) is 6.42 Å². The van der Waals surface area contributed by atoms with E-state index in [0.29, 0.717) is 0 Å². The lowest BCUT2D eigenvalue weighted by molar-refractivity contribution is 0.122. The topological polar surface area (TPSA) is 0 Å². The van der Waals surface area contributed by atoms with Gasteiger partial charge >= 0.3 is 0 Å². The summed E-state index contributed by atoms with van der Waals surface area (Å²) in [6.07, 6.45) is -5.39. The van der Waals surface area contributed by atoms with Crippen molar-refractivity contribution in [3.63, 3.8) is 0 Å². The molecule has 1 radical (unpaired) electrons. The van der Waals surface area contributed by atoms with Crippen molar-refractivity contribution in [2.24, 2.45) is 0 Å². The van der Waals surface area contributed by atoms with Gasteiger partial charge in [0.1, 0.15) is 6.17 Å². The average Bonchev–Trinajstić information content (AvgIpc) is 1.83. The molecule has 0 saturated heterocycles. The van der Waals surface area contributed by atoms with Crippen LogP contribution in [0.2, 0.25) is 0 Å². The molecule has 0 saturated carbocycles. The molecule has 0 aromatic heterocycles. The summed E-state index contributed by atoms with van der Waals surface area (Å²) in [4.78, 5) is 0. The quantitative estimate of drug-likeness (QED) is 0.530. The van der Waals surface area contributed by atoms with E-state index in [1.165, 1.54) is 0 Å². The Balaban J connectivity index is 3.06. The van der Waals surface area contributed by atoms with Gasteiger partial charge < -0.3 is 0 Å². The highest BCUT2D eigenvalue weighted by atomic mass is 19.3. The molecule has 0 N–H and O–H groups in total. The number of hydrogen-bond donors (Lipinski definition) is 0. The smallest absolute Gasteiger partial charge is 0.238 e. The molecule has 0 aromatic rings. The highest BCUT2D eigenvalue weighted by Gasteiger charge is 2.10. The van der Waals surface area contributed by atoms with Crippen molar-refractivity contribution < 1.29 is 17.6 Å². The van der Waals surface area contributed by atoms with Crippen LogP contribution in [0.4, 0.5) is 17.6 Å². The monoisotopic (exact) mass is 143 g/mol. The van der Waals surface area contributed by atoms with Gasteiger partial charge in [0.05, 0.1) is 0 Å². The molecular weight excluding hydrogens is 136 g/mol. The number of halogens is 4. The molecule has 1 unspecified atom stereocenters. The van der Waals surface area contributed by atoms with Crippen LogP contribution in [0.1, 0.15) is 12.8 Å². The second-order valence-corrected chi connectivity index (χ2v) is 1.61. The summed E-state index contributed by atoms with van der Waals surface area (Å²) < 4.78 is 45.3. The summed E-state index contributed by atoms with van der Waals surface area (Å²) in [6, 6.07) is 0. The number of alkyl halides is 3. The second-order valence-electron chi connectivity index (χ2n) is 1.61. The summed E-state index contributed by atoms with van der Waals surface area (Å²) in [5.74, 6) is 0. The van der Waals surface area contributed by atoms with Crippen LogP contribution in [0.25, 0.3) is 0 Å². The molecule has 0 rings (SSSR count). The molecule has 0 aromatic carbocycles. The Labute approximate surface area is 50.9 Å². The van der Waals surface area contributed by atoms with Crippen molar-refractivity contribution in [2.45, 2.75) is 25.4 Å². The molecule has 0 aliphatic heterocycles. The van der Waals surface area contributed by atoms with E-state index >= 15 is 0 Å². The fourth-order valence-corrected chi connectivity index (χ4v) is 0.348. The summed E-state index contributed by atoms with van der Waals surface area (Å²) in [5, 5.41) is 0. The van der Waals surface area contributed by atoms with Gasteiger partial charge in [0.15, 0.2) is 6.67 Å². The predicted octanol–water partition coefficient (Wildman–Crippen LogP) is 2.50. The fourth-order valence-electron chi connectivity index (χ4n) is 0.348. The van der Waals surface area contributed by atoms with Gasteiger partial charge in [-0.15, -0.1) is 0 Å². The molecule has 0 aliphatic rings. The van der Waals surface area contributed by atoms with Crippen molar-refractivity contribution in [1.82, 2.24) is 0 Å². The Morgan fingerprint density at radius 2 is 1.67 bits per heavy atom. The van der Waals surface area contributed by atoms with Crippen LogP contribution in [-0.2, 0) is 0 Å². The molecule has 0 heterocycles. The molecule has 55 valence electrons. The van der Waals surface area contributed by atoms with Crippen LogP contribution in [0.5, 0.6) is 0 Å². The van der Waals surface area contributed by atoms with E-state index in [4.69, 9.17) is 0 Å². The van der Waals surface area contributed by atoms with E-state index < -0.39 is 25.4 Å². The van der Waals surface area contributed by atoms with E-state index in [1.54, 1.807) is 0 Å². The van der Waals surface area contributed by atoms with Crippen LogP contribution in [0, 0.1) is 6.67 Å². The first-order valence-electron chi connectivity index (χ1n) is 2.52. The highest BCUT2D eigenvalue weighted by Crippen LogP contribution is 2.10. The Morgan fingerprint density at radius 1 is 1.11 bits per heavy atom. The molecule has 0 bridgehead atoms. The Morgan fingerprint density at radius 3 is 2.00 bits per heavy atom. The third-order valence-corrected chi connectivity index (χ3v) is 0.797. The largest absolute Gasteiger partial charge is 0.244 e. The first-order chi connectivity index (χ1) is 4.16. The molecule has 0 nitrogen and oxygen atoms in total. The van der Waals surface area contributed by atoms with Crippen molar-refractivity contribution in [2.75, 3.05) is 0 Å². The zero-order chi connectivity index (χ0) is 7.28. The first-order valence-corrected chi connectivity index (χ1v) is 2.52. The normalized spacial score (nSPS) is 14.3. The maximum absolute atomic E-state index is 11.7. The molecule has 1 atom stereocenters. The van der Waals surface area contributed by atoms with Gasteiger partial charge in [-0.3, -0.25) is 0 Å². The highest BCUT2D eigenvalue weighted by molar-refractivity contribution is 4.64. The molecule has 9 heavy (non-hydrogen) atoms. The number of hydrogen-bond acceptors (Lipinski definition) is 0. The van der Waals surface area contributed by atoms with Crippen molar-refractivity contribution in [3.05, 3.63) is 6.67 Å². The average molecular weight is 143 g/mol. The zero-order valence-corrected chi connectivity index (χ0v) is 4.66. The standard InChI is InChI=1S/C5H7F4/c6-3-4(7)1-2-5(8)9/h3-5H,1-2H2. The van der Waals surface area contributed by atoms with Gasteiger partial charge in [-0.25, -0.2) is 17.6 Å². The molecule has 0 fully saturated rings. The van der Waals surface area contributed by atoms with E-state index in [9.17, 15) is 17.6 Å². The van der Waals surface area contributed by atoms with Crippen molar-refractivity contribution in [1.29, 1.82) is 0 Å². The molecule has 0 amide bonds. The van der Waals surface area contributed by atoms with Crippen molar-refractivity contribution in [3.8, 4) is 0 Å². The number of rotatable bonds is 4. The SMILES string of the molecule is F[CH]C(F)CCC(F)F.